The Bertz CT molecular complexity index is 406. The average Bonchev–Trinajstić information content (AvgIpc) is 2.15. The molecular weight excluding hydrogens is 245 g/mol. The van der Waals surface area contributed by atoms with Gasteiger partial charge in [-0.2, -0.15) is 13.2 Å². The van der Waals surface area contributed by atoms with Crippen LogP contribution in [0.5, 0.6) is 0 Å². The molecule has 7 heteroatoms. The van der Waals surface area contributed by atoms with Gasteiger partial charge in [-0.15, -0.1) is 11.6 Å². The fraction of sp³-hybridized carbons (Fsp3) is 0.222. The van der Waals surface area contributed by atoms with Gasteiger partial charge in [0.05, 0.1) is 5.56 Å². The Morgan fingerprint density at radius 1 is 1.38 bits per heavy atom. The van der Waals surface area contributed by atoms with E-state index in [1.807, 2.05) is 0 Å². The van der Waals surface area contributed by atoms with E-state index in [2.05, 4.69) is 5.32 Å². The van der Waals surface area contributed by atoms with Gasteiger partial charge in [0, 0.05) is 11.4 Å². The summed E-state index contributed by atoms with van der Waals surface area (Å²) in [5.41, 5.74) is 4.26. The number of nitrogen functional groups attached to an aromatic ring is 1. The number of halogens is 4. The van der Waals surface area contributed by atoms with Crippen molar-refractivity contribution in [3.63, 3.8) is 0 Å². The molecule has 1 rings (SSSR count). The summed E-state index contributed by atoms with van der Waals surface area (Å²) in [6, 6.07) is 2.80. The minimum Gasteiger partial charge on any atom is -0.399 e. The third kappa shape index (κ3) is 3.30. The number of nitrogens with one attached hydrogen (secondary N) is 1. The van der Waals surface area contributed by atoms with Crippen LogP contribution in [0.4, 0.5) is 24.5 Å². The van der Waals surface area contributed by atoms with Crippen molar-refractivity contribution >= 4 is 28.9 Å². The fourth-order valence-electron chi connectivity index (χ4n) is 1.08. The minimum absolute atomic E-state index is 0.0297. The maximum absolute atomic E-state index is 12.4. The molecule has 0 saturated heterocycles. The van der Waals surface area contributed by atoms with Crippen molar-refractivity contribution < 1.29 is 18.0 Å². The zero-order valence-corrected chi connectivity index (χ0v) is 8.69. The monoisotopic (exact) mass is 252 g/mol. The van der Waals surface area contributed by atoms with Crippen LogP contribution in [0.2, 0.25) is 0 Å². The van der Waals surface area contributed by atoms with Crippen LogP contribution in [0, 0.1) is 0 Å². The van der Waals surface area contributed by atoms with Crippen LogP contribution in [0.3, 0.4) is 0 Å². The molecule has 0 heterocycles. The Morgan fingerprint density at radius 3 is 2.50 bits per heavy atom. The number of carbonyl (C=O) groups is 1. The van der Waals surface area contributed by atoms with E-state index in [4.69, 9.17) is 17.3 Å². The predicted molar refractivity (Wildman–Crippen MR) is 55.2 cm³/mol. The van der Waals surface area contributed by atoms with Gasteiger partial charge in [-0.1, -0.05) is 0 Å². The zero-order chi connectivity index (χ0) is 12.3. The lowest BCUT2D eigenvalue weighted by Crippen LogP contribution is -2.14. The highest BCUT2D eigenvalue weighted by Crippen LogP contribution is 2.32. The number of hydrogen-bond acceptors (Lipinski definition) is 2. The number of nitrogens with two attached hydrogens (primary N) is 1. The molecular formula is C9H8ClF3N2O. The Kier molecular flexibility index (Phi) is 3.64. The van der Waals surface area contributed by atoms with E-state index in [0.29, 0.717) is 0 Å². The number of alkyl halides is 4. The first-order valence-electron chi connectivity index (χ1n) is 4.16. The van der Waals surface area contributed by atoms with Crippen LogP contribution >= 0.6 is 11.6 Å². The molecule has 3 N–H and O–H groups in total. The molecule has 0 aliphatic carbocycles. The zero-order valence-electron chi connectivity index (χ0n) is 7.94. The lowest BCUT2D eigenvalue weighted by atomic mass is 10.1. The van der Waals surface area contributed by atoms with E-state index in [9.17, 15) is 18.0 Å². The van der Waals surface area contributed by atoms with Crippen molar-refractivity contribution in [2.24, 2.45) is 0 Å². The molecule has 1 amide bonds. The molecule has 88 valence electrons. The number of rotatable bonds is 2. The Labute approximate surface area is 94.4 Å². The summed E-state index contributed by atoms with van der Waals surface area (Å²) in [7, 11) is 0. The SMILES string of the molecule is Nc1cc(NC(=O)CCl)cc(C(F)(F)F)c1. The molecule has 0 radical (unpaired) electrons. The van der Waals surface area contributed by atoms with E-state index in [0.717, 1.165) is 12.1 Å². The van der Waals surface area contributed by atoms with Crippen molar-refractivity contribution in [2.45, 2.75) is 6.18 Å². The largest absolute Gasteiger partial charge is 0.416 e. The van der Waals surface area contributed by atoms with E-state index in [1.165, 1.54) is 6.07 Å². The molecule has 1 aromatic rings. The maximum Gasteiger partial charge on any atom is 0.416 e. The number of benzene rings is 1. The van der Waals surface area contributed by atoms with Gasteiger partial charge in [0.1, 0.15) is 5.88 Å². The van der Waals surface area contributed by atoms with Gasteiger partial charge in [0.2, 0.25) is 5.91 Å². The summed E-state index contributed by atoms with van der Waals surface area (Å²) >= 11 is 5.21. The Balaban J connectivity index is 3.04. The van der Waals surface area contributed by atoms with Gasteiger partial charge in [-0.25, -0.2) is 0 Å². The standard InChI is InChI=1S/C9H8ClF3N2O/c10-4-8(16)15-7-2-5(9(11,12)13)1-6(14)3-7/h1-3H,4,14H2,(H,15,16). The highest BCUT2D eigenvalue weighted by molar-refractivity contribution is 6.29. The molecule has 0 saturated carbocycles. The van der Waals surface area contributed by atoms with Crippen LogP contribution in [0.1, 0.15) is 5.56 Å². The molecule has 3 nitrogen and oxygen atoms in total. The number of amides is 1. The van der Waals surface area contributed by atoms with Gasteiger partial charge in [-0.05, 0) is 18.2 Å². The third-order valence-corrected chi connectivity index (χ3v) is 1.93. The van der Waals surface area contributed by atoms with Crippen molar-refractivity contribution in [2.75, 3.05) is 16.9 Å². The number of anilines is 2. The molecule has 0 atom stereocenters. The predicted octanol–water partition coefficient (Wildman–Crippen LogP) is 2.46. The van der Waals surface area contributed by atoms with Crippen LogP contribution in [-0.2, 0) is 11.0 Å². The Hall–Kier alpha value is -1.43. The summed E-state index contributed by atoms with van der Waals surface area (Å²) in [4.78, 5) is 10.9. The van der Waals surface area contributed by atoms with E-state index < -0.39 is 17.6 Å². The van der Waals surface area contributed by atoms with E-state index >= 15 is 0 Å². The summed E-state index contributed by atoms with van der Waals surface area (Å²) in [5.74, 6) is -0.934. The highest BCUT2D eigenvalue weighted by Gasteiger charge is 2.31. The first kappa shape index (κ1) is 12.6. The van der Waals surface area contributed by atoms with E-state index in [-0.39, 0.29) is 17.3 Å². The van der Waals surface area contributed by atoms with Crippen LogP contribution in [-0.4, -0.2) is 11.8 Å². The molecule has 0 spiro atoms. The molecule has 0 unspecified atom stereocenters. The molecule has 0 aliphatic heterocycles. The van der Waals surface area contributed by atoms with Crippen molar-refractivity contribution in [1.29, 1.82) is 0 Å². The number of carbonyl (C=O) groups excluding carboxylic acids is 1. The highest BCUT2D eigenvalue weighted by atomic mass is 35.5. The summed E-state index contributed by atoms with van der Waals surface area (Å²) in [6.45, 7) is 0. The maximum atomic E-state index is 12.4. The first-order valence-corrected chi connectivity index (χ1v) is 4.70. The quantitative estimate of drug-likeness (QED) is 0.628. The van der Waals surface area contributed by atoms with Crippen LogP contribution in [0.15, 0.2) is 18.2 Å². The average molecular weight is 253 g/mol. The van der Waals surface area contributed by atoms with Crippen LogP contribution in [0.25, 0.3) is 0 Å². The minimum atomic E-state index is -4.50. The first-order chi connectivity index (χ1) is 7.32. The van der Waals surface area contributed by atoms with Gasteiger partial charge in [0.15, 0.2) is 0 Å². The van der Waals surface area contributed by atoms with Gasteiger partial charge in [0.25, 0.3) is 0 Å². The topological polar surface area (TPSA) is 55.1 Å². The van der Waals surface area contributed by atoms with Gasteiger partial charge in [-0.3, -0.25) is 4.79 Å². The summed E-state index contributed by atoms with van der Waals surface area (Å²) < 4.78 is 37.1. The molecule has 0 fully saturated rings. The number of hydrogen-bond donors (Lipinski definition) is 2. The van der Waals surface area contributed by atoms with E-state index in [1.54, 1.807) is 0 Å². The lowest BCUT2D eigenvalue weighted by Gasteiger charge is -2.10. The lowest BCUT2D eigenvalue weighted by molar-refractivity contribution is -0.137. The molecule has 1 aromatic carbocycles. The normalized spacial score (nSPS) is 11.2. The second kappa shape index (κ2) is 4.61. The fourth-order valence-corrected chi connectivity index (χ4v) is 1.15. The third-order valence-electron chi connectivity index (χ3n) is 1.69. The Morgan fingerprint density at radius 2 is 2.00 bits per heavy atom. The van der Waals surface area contributed by atoms with Crippen molar-refractivity contribution in [1.82, 2.24) is 0 Å². The second-order valence-corrected chi connectivity index (χ2v) is 3.29. The summed E-state index contributed by atoms with van der Waals surface area (Å²) in [6.07, 6.45) is -4.50. The van der Waals surface area contributed by atoms with Crippen LogP contribution < -0.4 is 11.1 Å². The van der Waals surface area contributed by atoms with Crippen molar-refractivity contribution in [3.05, 3.63) is 23.8 Å². The van der Waals surface area contributed by atoms with Crippen molar-refractivity contribution in [3.8, 4) is 0 Å². The molecule has 0 aromatic heterocycles. The molecule has 0 bridgehead atoms. The molecule has 0 aliphatic rings. The summed E-state index contributed by atoms with van der Waals surface area (Å²) in [5, 5.41) is 2.19. The molecule has 16 heavy (non-hydrogen) atoms. The second-order valence-electron chi connectivity index (χ2n) is 3.02. The smallest absolute Gasteiger partial charge is 0.399 e. The van der Waals surface area contributed by atoms with Gasteiger partial charge < -0.3 is 11.1 Å². The van der Waals surface area contributed by atoms with Gasteiger partial charge >= 0.3 is 6.18 Å².